The number of carbonyl (C=O) groups is 1. The Morgan fingerprint density at radius 2 is 1.97 bits per heavy atom. The topological polar surface area (TPSA) is 100 Å². The first-order valence-corrected chi connectivity index (χ1v) is 12.8. The van der Waals surface area contributed by atoms with Crippen LogP contribution in [0.15, 0.2) is 42.6 Å². The first kappa shape index (κ1) is 25.8. The van der Waals surface area contributed by atoms with E-state index in [1.54, 1.807) is 18.3 Å². The molecule has 1 saturated heterocycles. The van der Waals surface area contributed by atoms with Gasteiger partial charge in [0.15, 0.2) is 0 Å². The van der Waals surface area contributed by atoms with E-state index in [0.29, 0.717) is 24.0 Å². The van der Waals surface area contributed by atoms with Gasteiger partial charge in [-0.25, -0.2) is 4.98 Å². The number of halogens is 2. The lowest BCUT2D eigenvalue weighted by molar-refractivity contribution is -0.119. The second-order valence-electron chi connectivity index (χ2n) is 10.3. The highest BCUT2D eigenvalue weighted by Gasteiger charge is 2.39. The Hall–Kier alpha value is -3.79. The SMILES string of the molecule is Cc1cnc(Nc2ccc(C3CCNCC3)cc2OC(F)F)nc1NCc1cccc2c1C(C)(C)C(=O)N2. The molecule has 3 aromatic rings. The van der Waals surface area contributed by atoms with Crippen LogP contribution in [-0.4, -0.2) is 35.6 Å². The van der Waals surface area contributed by atoms with Crippen molar-refractivity contribution in [3.8, 4) is 5.75 Å². The summed E-state index contributed by atoms with van der Waals surface area (Å²) in [6.07, 6.45) is 3.56. The largest absolute Gasteiger partial charge is 0.433 e. The molecule has 2 aliphatic heterocycles. The Morgan fingerprint density at radius 1 is 1.18 bits per heavy atom. The van der Waals surface area contributed by atoms with Crippen LogP contribution < -0.4 is 26.0 Å². The van der Waals surface area contributed by atoms with Gasteiger partial charge in [-0.15, -0.1) is 0 Å². The van der Waals surface area contributed by atoms with Gasteiger partial charge in [0.2, 0.25) is 11.9 Å². The minimum absolute atomic E-state index is 0.0300. The van der Waals surface area contributed by atoms with Crippen molar-refractivity contribution in [3.63, 3.8) is 0 Å². The number of nitrogens with one attached hydrogen (secondary N) is 4. The minimum Gasteiger partial charge on any atom is -0.433 e. The normalized spacial score (nSPS) is 16.7. The van der Waals surface area contributed by atoms with E-state index in [-0.39, 0.29) is 17.6 Å². The highest BCUT2D eigenvalue weighted by Crippen LogP contribution is 2.40. The molecule has 0 atom stereocenters. The summed E-state index contributed by atoms with van der Waals surface area (Å²) < 4.78 is 31.3. The molecular weight excluding hydrogens is 490 g/mol. The van der Waals surface area contributed by atoms with Gasteiger partial charge in [0.05, 0.1) is 11.1 Å². The first-order chi connectivity index (χ1) is 18.2. The highest BCUT2D eigenvalue weighted by molar-refractivity contribution is 6.06. The van der Waals surface area contributed by atoms with Crippen molar-refractivity contribution in [2.45, 2.75) is 58.1 Å². The summed E-state index contributed by atoms with van der Waals surface area (Å²) in [7, 11) is 0. The van der Waals surface area contributed by atoms with Gasteiger partial charge in [0, 0.05) is 24.0 Å². The number of amides is 1. The zero-order chi connectivity index (χ0) is 26.9. The molecule has 0 bridgehead atoms. The maximum Gasteiger partial charge on any atom is 0.387 e. The molecule has 5 rings (SSSR count). The third kappa shape index (κ3) is 5.26. The molecule has 0 unspecified atom stereocenters. The highest BCUT2D eigenvalue weighted by atomic mass is 19.3. The summed E-state index contributed by atoms with van der Waals surface area (Å²) >= 11 is 0. The van der Waals surface area contributed by atoms with Crippen molar-refractivity contribution in [3.05, 3.63) is 64.8 Å². The van der Waals surface area contributed by atoms with Gasteiger partial charge in [-0.05, 0) is 87.5 Å². The first-order valence-electron chi connectivity index (χ1n) is 12.8. The Balaban J connectivity index is 1.36. The van der Waals surface area contributed by atoms with Crippen molar-refractivity contribution < 1.29 is 18.3 Å². The lowest BCUT2D eigenvalue weighted by Crippen LogP contribution is -2.28. The van der Waals surface area contributed by atoms with E-state index in [2.05, 4.69) is 31.2 Å². The van der Waals surface area contributed by atoms with E-state index in [1.165, 1.54) is 0 Å². The molecule has 1 aromatic heterocycles. The van der Waals surface area contributed by atoms with Crippen LogP contribution >= 0.6 is 0 Å². The summed E-state index contributed by atoms with van der Waals surface area (Å²) in [5, 5.41) is 12.7. The number of carbonyl (C=O) groups excluding carboxylic acids is 1. The zero-order valence-corrected chi connectivity index (χ0v) is 21.7. The summed E-state index contributed by atoms with van der Waals surface area (Å²) in [4.78, 5) is 21.4. The van der Waals surface area contributed by atoms with E-state index in [9.17, 15) is 13.6 Å². The quantitative estimate of drug-likeness (QED) is 0.313. The number of piperidine rings is 1. The van der Waals surface area contributed by atoms with Gasteiger partial charge in [-0.3, -0.25) is 4.79 Å². The molecule has 0 spiro atoms. The van der Waals surface area contributed by atoms with Gasteiger partial charge in [-0.2, -0.15) is 13.8 Å². The third-order valence-corrected chi connectivity index (χ3v) is 7.29. The minimum atomic E-state index is -2.95. The monoisotopic (exact) mass is 522 g/mol. The number of anilines is 4. The molecule has 0 radical (unpaired) electrons. The Kier molecular flexibility index (Phi) is 7.16. The fraction of sp³-hybridized carbons (Fsp3) is 0.393. The molecule has 10 heteroatoms. The lowest BCUT2D eigenvalue weighted by atomic mass is 9.83. The van der Waals surface area contributed by atoms with Crippen molar-refractivity contribution in [2.75, 3.05) is 29.0 Å². The Bertz CT molecular complexity index is 1340. The van der Waals surface area contributed by atoms with Crippen molar-refractivity contribution in [1.82, 2.24) is 15.3 Å². The molecule has 2 aliphatic rings. The van der Waals surface area contributed by atoms with E-state index >= 15 is 0 Å². The predicted molar refractivity (Wildman–Crippen MR) is 143 cm³/mol. The molecule has 200 valence electrons. The number of nitrogens with zero attached hydrogens (tertiary/aromatic N) is 2. The van der Waals surface area contributed by atoms with Crippen LogP contribution in [0.3, 0.4) is 0 Å². The van der Waals surface area contributed by atoms with E-state index in [1.807, 2.05) is 45.0 Å². The number of rotatable bonds is 8. The van der Waals surface area contributed by atoms with Gasteiger partial charge in [0.1, 0.15) is 11.6 Å². The molecule has 1 fully saturated rings. The molecule has 38 heavy (non-hydrogen) atoms. The Morgan fingerprint density at radius 3 is 2.74 bits per heavy atom. The van der Waals surface area contributed by atoms with Crippen molar-refractivity contribution >= 4 is 29.0 Å². The van der Waals surface area contributed by atoms with E-state index < -0.39 is 12.0 Å². The van der Waals surface area contributed by atoms with Crippen LogP contribution in [0.2, 0.25) is 0 Å². The van der Waals surface area contributed by atoms with Gasteiger partial charge >= 0.3 is 6.61 Å². The maximum atomic E-state index is 13.2. The number of benzene rings is 2. The van der Waals surface area contributed by atoms with Crippen LogP contribution in [0, 0.1) is 6.92 Å². The molecule has 0 aliphatic carbocycles. The van der Waals surface area contributed by atoms with E-state index in [4.69, 9.17) is 4.74 Å². The average Bonchev–Trinajstić information content (AvgIpc) is 3.13. The molecule has 0 saturated carbocycles. The fourth-order valence-electron chi connectivity index (χ4n) is 5.21. The van der Waals surface area contributed by atoms with Crippen LogP contribution in [0.1, 0.15) is 54.9 Å². The number of hydrogen-bond donors (Lipinski definition) is 4. The molecule has 4 N–H and O–H groups in total. The van der Waals surface area contributed by atoms with Crippen molar-refractivity contribution in [2.24, 2.45) is 0 Å². The summed E-state index contributed by atoms with van der Waals surface area (Å²) in [5.41, 5.74) is 4.30. The van der Waals surface area contributed by atoms with Crippen LogP contribution in [0.25, 0.3) is 0 Å². The van der Waals surface area contributed by atoms with Gasteiger partial charge < -0.3 is 26.0 Å². The number of alkyl halides is 2. The molecule has 3 heterocycles. The number of fused-ring (bicyclic) bond motifs is 1. The second kappa shape index (κ2) is 10.5. The zero-order valence-electron chi connectivity index (χ0n) is 21.7. The maximum absolute atomic E-state index is 13.2. The average molecular weight is 523 g/mol. The molecule has 2 aromatic carbocycles. The summed E-state index contributed by atoms with van der Waals surface area (Å²) in [5.74, 6) is 1.18. The van der Waals surface area contributed by atoms with Gasteiger partial charge in [0.25, 0.3) is 0 Å². The fourth-order valence-corrected chi connectivity index (χ4v) is 5.21. The standard InChI is InChI=1S/C28H32F2N6O2/c1-16-14-33-27(35-20-8-7-18(13-22(20)38-26(29)30)17-9-11-31-12-10-17)36-24(16)32-15-19-5-4-6-21-23(19)28(2,3)25(37)34-21/h4-8,13-14,17,26,31H,9-12,15H2,1-3H3,(H,34,37)(H2,32,33,35,36). The second-order valence-corrected chi connectivity index (χ2v) is 10.3. The van der Waals surface area contributed by atoms with Crippen molar-refractivity contribution in [1.29, 1.82) is 0 Å². The predicted octanol–water partition coefficient (Wildman–Crippen LogP) is 5.44. The summed E-state index contributed by atoms with van der Waals surface area (Å²) in [6, 6.07) is 11.2. The number of hydrogen-bond acceptors (Lipinski definition) is 7. The van der Waals surface area contributed by atoms with Crippen LogP contribution in [-0.2, 0) is 16.8 Å². The molecule has 8 nitrogen and oxygen atoms in total. The number of ether oxygens (including phenoxy) is 1. The Labute approximate surface area is 220 Å². The molecule has 1 amide bonds. The lowest BCUT2D eigenvalue weighted by Gasteiger charge is -2.24. The molecular formula is C28H32F2N6O2. The summed E-state index contributed by atoms with van der Waals surface area (Å²) in [6.45, 7) is 5.00. The van der Waals surface area contributed by atoms with E-state index in [0.717, 1.165) is 53.9 Å². The number of aromatic nitrogens is 2. The van der Waals surface area contributed by atoms with Crippen LogP contribution in [0.4, 0.5) is 31.9 Å². The third-order valence-electron chi connectivity index (χ3n) is 7.29. The van der Waals surface area contributed by atoms with Gasteiger partial charge in [-0.1, -0.05) is 18.2 Å². The smallest absolute Gasteiger partial charge is 0.387 e. The number of aryl methyl sites for hydroxylation is 1. The van der Waals surface area contributed by atoms with Crippen LogP contribution in [0.5, 0.6) is 5.75 Å².